The molecule has 1 fully saturated rings. The topological polar surface area (TPSA) is 49.6 Å². The highest BCUT2D eigenvalue weighted by Gasteiger charge is 2.25. The maximum absolute atomic E-state index is 13.1. The molecular formula is C21H19ClFN3O2. The molecule has 5 nitrogen and oxygen atoms in total. The second-order valence-electron chi connectivity index (χ2n) is 6.79. The van der Waals surface area contributed by atoms with Crippen LogP contribution in [-0.4, -0.2) is 42.1 Å². The number of anilines is 1. The van der Waals surface area contributed by atoms with Gasteiger partial charge in [-0.25, -0.2) is 4.39 Å². The van der Waals surface area contributed by atoms with Gasteiger partial charge in [-0.3, -0.25) is 4.79 Å². The average Bonchev–Trinajstić information content (AvgIpc) is 3.20. The highest BCUT2D eigenvalue weighted by molar-refractivity contribution is 6.30. The first-order valence-corrected chi connectivity index (χ1v) is 9.42. The molecule has 4 rings (SSSR count). The zero-order valence-electron chi connectivity index (χ0n) is 15.4. The van der Waals surface area contributed by atoms with Crippen LogP contribution < -0.4 is 4.90 Å². The molecule has 144 valence electrons. The summed E-state index contributed by atoms with van der Waals surface area (Å²) in [5.41, 5.74) is 3.19. The third-order valence-electron chi connectivity index (χ3n) is 4.94. The van der Waals surface area contributed by atoms with E-state index in [-0.39, 0.29) is 17.4 Å². The molecule has 1 aromatic heterocycles. The molecule has 1 amide bonds. The Balaban J connectivity index is 1.43. The van der Waals surface area contributed by atoms with E-state index >= 15 is 0 Å². The van der Waals surface area contributed by atoms with Crippen molar-refractivity contribution in [2.75, 3.05) is 31.1 Å². The maximum Gasteiger partial charge on any atom is 0.276 e. The number of halogens is 2. The Morgan fingerprint density at radius 3 is 2.50 bits per heavy atom. The zero-order chi connectivity index (χ0) is 19.7. The summed E-state index contributed by atoms with van der Waals surface area (Å²) >= 11 is 6.13. The van der Waals surface area contributed by atoms with Gasteiger partial charge in [0.1, 0.15) is 5.82 Å². The molecule has 2 heterocycles. The number of carbonyl (C=O) groups is 1. The average molecular weight is 400 g/mol. The van der Waals surface area contributed by atoms with Crippen LogP contribution >= 0.6 is 11.6 Å². The Hall–Kier alpha value is -2.86. The van der Waals surface area contributed by atoms with E-state index in [9.17, 15) is 9.18 Å². The van der Waals surface area contributed by atoms with E-state index in [2.05, 4.69) is 17.0 Å². The number of piperazine rings is 1. The van der Waals surface area contributed by atoms with E-state index < -0.39 is 0 Å². The van der Waals surface area contributed by atoms with Gasteiger partial charge in [-0.15, -0.1) is 0 Å². The molecule has 0 N–H and O–H groups in total. The summed E-state index contributed by atoms with van der Waals surface area (Å²) < 4.78 is 18.3. The van der Waals surface area contributed by atoms with Crippen LogP contribution in [0.15, 0.2) is 53.1 Å². The van der Waals surface area contributed by atoms with E-state index in [1.165, 1.54) is 12.1 Å². The standard InChI is InChI=1S/C21H19ClFN3O2/c1-14-2-5-16(22)12-19(14)25-8-10-26(11-9-25)21(27)18-13-20(28-24-18)15-3-6-17(23)7-4-15/h2-7,12-13H,8-11H2,1H3. The molecule has 1 aliphatic heterocycles. The molecule has 3 aromatic rings. The molecule has 0 atom stereocenters. The summed E-state index contributed by atoms with van der Waals surface area (Å²) in [4.78, 5) is 16.8. The highest BCUT2D eigenvalue weighted by atomic mass is 35.5. The van der Waals surface area contributed by atoms with Gasteiger partial charge in [-0.05, 0) is 48.9 Å². The molecule has 0 radical (unpaired) electrons. The van der Waals surface area contributed by atoms with Crippen LogP contribution in [0.3, 0.4) is 0 Å². The Bertz CT molecular complexity index is 995. The van der Waals surface area contributed by atoms with Crippen molar-refractivity contribution in [3.8, 4) is 11.3 Å². The Morgan fingerprint density at radius 2 is 1.79 bits per heavy atom. The number of hydrogen-bond donors (Lipinski definition) is 0. The molecule has 0 spiro atoms. The molecule has 7 heteroatoms. The number of nitrogens with zero attached hydrogens (tertiary/aromatic N) is 3. The predicted octanol–water partition coefficient (Wildman–Crippen LogP) is 4.40. The van der Waals surface area contributed by atoms with E-state index in [1.807, 2.05) is 18.2 Å². The lowest BCUT2D eigenvalue weighted by atomic mass is 10.1. The summed E-state index contributed by atoms with van der Waals surface area (Å²) in [6.45, 7) is 4.66. The summed E-state index contributed by atoms with van der Waals surface area (Å²) in [7, 11) is 0. The van der Waals surface area contributed by atoms with Crippen molar-refractivity contribution in [2.24, 2.45) is 0 Å². The molecule has 28 heavy (non-hydrogen) atoms. The normalized spacial score (nSPS) is 14.4. The number of benzene rings is 2. The molecular weight excluding hydrogens is 381 g/mol. The first-order chi connectivity index (χ1) is 13.5. The van der Waals surface area contributed by atoms with E-state index in [1.54, 1.807) is 23.1 Å². The molecule has 0 aliphatic carbocycles. The van der Waals surface area contributed by atoms with Gasteiger partial charge in [0, 0.05) is 48.5 Å². The second kappa shape index (κ2) is 7.64. The molecule has 0 saturated carbocycles. The van der Waals surface area contributed by atoms with Crippen molar-refractivity contribution in [1.29, 1.82) is 0 Å². The van der Waals surface area contributed by atoms with Crippen LogP contribution in [0.4, 0.5) is 10.1 Å². The lowest BCUT2D eigenvalue weighted by Crippen LogP contribution is -2.49. The number of hydrogen-bond acceptors (Lipinski definition) is 4. The molecule has 0 bridgehead atoms. The number of amides is 1. The van der Waals surface area contributed by atoms with Crippen molar-refractivity contribution < 1.29 is 13.7 Å². The fourth-order valence-electron chi connectivity index (χ4n) is 3.36. The summed E-state index contributed by atoms with van der Waals surface area (Å²) in [6.07, 6.45) is 0. The van der Waals surface area contributed by atoms with E-state index in [0.717, 1.165) is 24.3 Å². The largest absolute Gasteiger partial charge is 0.368 e. The van der Waals surface area contributed by atoms with Crippen molar-refractivity contribution in [3.63, 3.8) is 0 Å². The minimum atomic E-state index is -0.327. The van der Waals surface area contributed by atoms with Crippen molar-refractivity contribution in [3.05, 3.63) is 70.6 Å². The Kier molecular flexibility index (Phi) is 5.05. The molecule has 2 aromatic carbocycles. The van der Waals surface area contributed by atoms with Crippen molar-refractivity contribution in [1.82, 2.24) is 10.1 Å². The van der Waals surface area contributed by atoms with Gasteiger partial charge in [0.05, 0.1) is 0 Å². The second-order valence-corrected chi connectivity index (χ2v) is 7.23. The highest BCUT2D eigenvalue weighted by Crippen LogP contribution is 2.26. The monoisotopic (exact) mass is 399 g/mol. The third-order valence-corrected chi connectivity index (χ3v) is 5.17. The van der Waals surface area contributed by atoms with Crippen molar-refractivity contribution >= 4 is 23.2 Å². The van der Waals surface area contributed by atoms with Crippen LogP contribution in [0.25, 0.3) is 11.3 Å². The number of carbonyl (C=O) groups excluding carboxylic acids is 1. The van der Waals surface area contributed by atoms with E-state index in [0.29, 0.717) is 29.4 Å². The maximum atomic E-state index is 13.1. The van der Waals surface area contributed by atoms with Crippen LogP contribution in [-0.2, 0) is 0 Å². The fraction of sp³-hybridized carbons (Fsp3) is 0.238. The summed E-state index contributed by atoms with van der Waals surface area (Å²) in [6, 6.07) is 13.3. The Morgan fingerprint density at radius 1 is 1.07 bits per heavy atom. The van der Waals surface area contributed by atoms with Crippen LogP contribution in [0.5, 0.6) is 0 Å². The van der Waals surface area contributed by atoms with Gasteiger partial charge < -0.3 is 14.3 Å². The smallest absolute Gasteiger partial charge is 0.276 e. The minimum absolute atomic E-state index is 0.167. The lowest BCUT2D eigenvalue weighted by Gasteiger charge is -2.36. The lowest BCUT2D eigenvalue weighted by molar-refractivity contribution is 0.0736. The number of rotatable bonds is 3. The van der Waals surface area contributed by atoms with Crippen LogP contribution in [0.1, 0.15) is 16.1 Å². The molecule has 0 unspecified atom stereocenters. The van der Waals surface area contributed by atoms with Gasteiger partial charge in [-0.2, -0.15) is 0 Å². The summed E-state index contributed by atoms with van der Waals surface area (Å²) in [5.74, 6) is -0.0523. The van der Waals surface area contributed by atoms with Gasteiger partial charge in [-0.1, -0.05) is 22.8 Å². The van der Waals surface area contributed by atoms with Gasteiger partial charge in [0.15, 0.2) is 11.5 Å². The van der Waals surface area contributed by atoms with Gasteiger partial charge in [0.25, 0.3) is 5.91 Å². The molecule has 1 saturated heterocycles. The first kappa shape index (κ1) is 18.5. The van der Waals surface area contributed by atoms with Crippen LogP contribution in [0, 0.1) is 12.7 Å². The quantitative estimate of drug-likeness (QED) is 0.654. The van der Waals surface area contributed by atoms with Crippen LogP contribution in [0.2, 0.25) is 5.02 Å². The first-order valence-electron chi connectivity index (χ1n) is 9.04. The Labute approximate surface area is 167 Å². The van der Waals surface area contributed by atoms with Gasteiger partial charge >= 0.3 is 0 Å². The number of aryl methyl sites for hydroxylation is 1. The van der Waals surface area contributed by atoms with Gasteiger partial charge in [0.2, 0.25) is 0 Å². The number of aromatic nitrogens is 1. The summed E-state index contributed by atoms with van der Waals surface area (Å²) in [5, 5.41) is 4.61. The fourth-order valence-corrected chi connectivity index (χ4v) is 3.53. The van der Waals surface area contributed by atoms with E-state index in [4.69, 9.17) is 16.1 Å². The zero-order valence-corrected chi connectivity index (χ0v) is 16.1. The minimum Gasteiger partial charge on any atom is -0.368 e. The molecule has 1 aliphatic rings. The predicted molar refractivity (Wildman–Crippen MR) is 106 cm³/mol. The SMILES string of the molecule is Cc1ccc(Cl)cc1N1CCN(C(=O)c2cc(-c3ccc(F)cc3)on2)CC1. The van der Waals surface area contributed by atoms with Crippen molar-refractivity contribution in [2.45, 2.75) is 6.92 Å². The third kappa shape index (κ3) is 3.73.